The average molecular weight is 293 g/mol. The fourth-order valence-electron chi connectivity index (χ4n) is 1.37. The average Bonchev–Trinajstić information content (AvgIpc) is 2.88. The van der Waals surface area contributed by atoms with Crippen LogP contribution in [0.2, 0.25) is 0 Å². The Bertz CT molecular complexity index is 684. The number of benzene rings is 1. The Labute approximate surface area is 116 Å². The van der Waals surface area contributed by atoms with Gasteiger partial charge in [0.2, 0.25) is 0 Å². The molecule has 2 aromatic rings. The van der Waals surface area contributed by atoms with E-state index in [1.807, 2.05) is 0 Å². The van der Waals surface area contributed by atoms with E-state index >= 15 is 0 Å². The van der Waals surface area contributed by atoms with E-state index in [4.69, 9.17) is 0 Å². The number of nitrogens with zero attached hydrogens (tertiary/aromatic N) is 2. The summed E-state index contributed by atoms with van der Waals surface area (Å²) < 4.78 is 13.3. The maximum absolute atomic E-state index is 13.3. The number of carbonyl (C=O) groups excluding carboxylic acids is 1. The van der Waals surface area contributed by atoms with Gasteiger partial charge in [0.1, 0.15) is 5.82 Å². The van der Waals surface area contributed by atoms with Gasteiger partial charge < -0.3 is 0 Å². The Morgan fingerprint density at radius 3 is 2.75 bits per heavy atom. The predicted molar refractivity (Wildman–Crippen MR) is 72.4 cm³/mol. The van der Waals surface area contributed by atoms with Crippen molar-refractivity contribution < 1.29 is 14.1 Å². The van der Waals surface area contributed by atoms with E-state index in [0.29, 0.717) is 4.88 Å². The van der Waals surface area contributed by atoms with Crippen LogP contribution in [0, 0.1) is 15.9 Å². The first-order chi connectivity index (χ1) is 9.58. The largest absolute Gasteiger partial charge is 0.324 e. The summed E-state index contributed by atoms with van der Waals surface area (Å²) in [5.41, 5.74) is 2.03. The lowest BCUT2D eigenvalue weighted by molar-refractivity contribution is -0.380. The third-order valence-electron chi connectivity index (χ3n) is 2.27. The molecule has 1 aromatic heterocycles. The van der Waals surface area contributed by atoms with Crippen LogP contribution in [0.4, 0.5) is 9.39 Å². The van der Waals surface area contributed by atoms with Crippen molar-refractivity contribution in [2.24, 2.45) is 5.10 Å². The molecule has 2 rings (SSSR count). The number of nitro groups is 1. The molecule has 0 unspecified atom stereocenters. The van der Waals surface area contributed by atoms with Gasteiger partial charge in [-0.05, 0) is 18.2 Å². The Morgan fingerprint density at radius 2 is 2.10 bits per heavy atom. The minimum absolute atomic E-state index is 0.0214. The highest BCUT2D eigenvalue weighted by Crippen LogP contribution is 2.22. The van der Waals surface area contributed by atoms with E-state index in [9.17, 15) is 19.3 Å². The molecule has 0 aliphatic rings. The van der Waals surface area contributed by atoms with Gasteiger partial charge >= 0.3 is 5.00 Å². The van der Waals surface area contributed by atoms with E-state index in [1.165, 1.54) is 42.6 Å². The molecule has 1 amide bonds. The van der Waals surface area contributed by atoms with E-state index in [2.05, 4.69) is 10.5 Å². The van der Waals surface area contributed by atoms with Gasteiger partial charge in [0.25, 0.3) is 5.91 Å². The Kier molecular flexibility index (Phi) is 4.16. The van der Waals surface area contributed by atoms with Crippen molar-refractivity contribution in [3.8, 4) is 0 Å². The van der Waals surface area contributed by atoms with Crippen molar-refractivity contribution in [3.63, 3.8) is 0 Å². The summed E-state index contributed by atoms with van der Waals surface area (Å²) in [7, 11) is 0. The number of rotatable bonds is 4. The van der Waals surface area contributed by atoms with Crippen LogP contribution in [0.15, 0.2) is 41.5 Å². The molecule has 0 aliphatic heterocycles. The second kappa shape index (κ2) is 6.02. The maximum atomic E-state index is 13.3. The van der Waals surface area contributed by atoms with Crippen molar-refractivity contribution in [1.29, 1.82) is 0 Å². The molecule has 6 nitrogen and oxygen atoms in total. The number of thiophene rings is 1. The first kappa shape index (κ1) is 13.8. The zero-order valence-corrected chi connectivity index (χ0v) is 10.8. The minimum Gasteiger partial charge on any atom is -0.267 e. The molecule has 8 heteroatoms. The number of hydrogen-bond acceptors (Lipinski definition) is 5. The van der Waals surface area contributed by atoms with Crippen LogP contribution in [0.3, 0.4) is 0 Å². The van der Waals surface area contributed by atoms with Gasteiger partial charge in [-0.3, -0.25) is 14.9 Å². The molecule has 1 aromatic carbocycles. The van der Waals surface area contributed by atoms with Crippen molar-refractivity contribution in [1.82, 2.24) is 5.43 Å². The molecule has 0 atom stereocenters. The third-order valence-corrected chi connectivity index (χ3v) is 3.24. The van der Waals surface area contributed by atoms with Crippen LogP contribution in [-0.2, 0) is 0 Å². The zero-order chi connectivity index (χ0) is 14.5. The molecule has 0 saturated carbocycles. The summed E-state index contributed by atoms with van der Waals surface area (Å²) in [4.78, 5) is 22.1. The summed E-state index contributed by atoms with van der Waals surface area (Å²) in [5, 5.41) is 14.1. The molecule has 0 radical (unpaired) electrons. The molecule has 1 heterocycles. The molecule has 0 fully saturated rings. The molecular formula is C12H8FN3O3S. The predicted octanol–water partition coefficient (Wildman–Crippen LogP) is 2.56. The van der Waals surface area contributed by atoms with Crippen molar-refractivity contribution >= 4 is 28.5 Å². The number of carbonyl (C=O) groups is 1. The van der Waals surface area contributed by atoms with Crippen LogP contribution in [0.25, 0.3) is 0 Å². The smallest absolute Gasteiger partial charge is 0.267 e. The second-order valence-corrected chi connectivity index (χ2v) is 4.71. The first-order valence-corrected chi connectivity index (χ1v) is 6.22. The Hall–Kier alpha value is -2.61. The summed E-state index contributed by atoms with van der Waals surface area (Å²) in [5.74, 6) is -1.34. The van der Waals surface area contributed by atoms with E-state index in [0.717, 1.165) is 11.3 Å². The lowest BCUT2D eigenvalue weighted by atomic mass is 10.2. The highest BCUT2D eigenvalue weighted by molar-refractivity contribution is 7.16. The van der Waals surface area contributed by atoms with Gasteiger partial charge in [0.15, 0.2) is 0 Å². The van der Waals surface area contributed by atoms with Gasteiger partial charge in [-0.1, -0.05) is 23.5 Å². The third kappa shape index (κ3) is 3.23. The van der Waals surface area contributed by atoms with E-state index < -0.39 is 16.6 Å². The highest BCUT2D eigenvalue weighted by Gasteiger charge is 2.10. The molecule has 1 N–H and O–H groups in total. The Balaban J connectivity index is 2.01. The Morgan fingerprint density at radius 1 is 1.35 bits per heavy atom. The number of nitrogens with one attached hydrogen (secondary N) is 1. The fourth-order valence-corrected chi connectivity index (χ4v) is 2.06. The van der Waals surface area contributed by atoms with Crippen molar-refractivity contribution in [2.45, 2.75) is 0 Å². The summed E-state index contributed by atoms with van der Waals surface area (Å²) in [6.07, 6.45) is 1.26. The molecule has 0 aliphatic carbocycles. The topological polar surface area (TPSA) is 84.6 Å². The van der Waals surface area contributed by atoms with Gasteiger partial charge in [0.05, 0.1) is 21.6 Å². The number of hydrazone groups is 1. The molecular weight excluding hydrogens is 285 g/mol. The van der Waals surface area contributed by atoms with E-state index in [-0.39, 0.29) is 10.6 Å². The van der Waals surface area contributed by atoms with Gasteiger partial charge in [0, 0.05) is 6.07 Å². The second-order valence-electron chi connectivity index (χ2n) is 3.61. The minimum atomic E-state index is -0.689. The number of hydrogen-bond donors (Lipinski definition) is 1. The standard InChI is InChI=1S/C12H8FN3O3S/c13-10-4-2-1-3-9(10)12(17)15-14-7-8-5-6-11(20-8)16(18)19/h1-7H,(H,15,17). The van der Waals surface area contributed by atoms with Gasteiger partial charge in [-0.15, -0.1) is 0 Å². The van der Waals surface area contributed by atoms with Crippen molar-refractivity contribution in [2.75, 3.05) is 0 Å². The van der Waals surface area contributed by atoms with Crippen LogP contribution in [0.1, 0.15) is 15.2 Å². The summed E-state index contributed by atoms with van der Waals surface area (Å²) in [6, 6.07) is 8.34. The molecule has 102 valence electrons. The normalized spacial score (nSPS) is 10.7. The SMILES string of the molecule is O=C(NN=Cc1ccc([N+](=O)[O-])s1)c1ccccc1F. The zero-order valence-electron chi connectivity index (χ0n) is 9.95. The van der Waals surface area contributed by atoms with Crippen LogP contribution < -0.4 is 5.43 Å². The van der Waals surface area contributed by atoms with Gasteiger partial charge in [-0.2, -0.15) is 5.10 Å². The number of amides is 1. The van der Waals surface area contributed by atoms with E-state index in [1.54, 1.807) is 0 Å². The van der Waals surface area contributed by atoms with Crippen LogP contribution in [-0.4, -0.2) is 17.0 Å². The fraction of sp³-hybridized carbons (Fsp3) is 0. The molecule has 0 bridgehead atoms. The van der Waals surface area contributed by atoms with Gasteiger partial charge in [-0.25, -0.2) is 9.82 Å². The summed E-state index contributed by atoms with van der Waals surface area (Å²) in [6.45, 7) is 0. The summed E-state index contributed by atoms with van der Waals surface area (Å²) >= 11 is 0.918. The molecule has 0 spiro atoms. The highest BCUT2D eigenvalue weighted by atomic mass is 32.1. The maximum Gasteiger partial charge on any atom is 0.324 e. The van der Waals surface area contributed by atoms with Crippen molar-refractivity contribution in [3.05, 3.63) is 62.8 Å². The quantitative estimate of drug-likeness (QED) is 0.534. The monoisotopic (exact) mass is 293 g/mol. The number of halogens is 1. The first-order valence-electron chi connectivity index (χ1n) is 5.40. The lowest BCUT2D eigenvalue weighted by Gasteiger charge is -2.00. The lowest BCUT2D eigenvalue weighted by Crippen LogP contribution is -2.18. The molecule has 20 heavy (non-hydrogen) atoms. The van der Waals surface area contributed by atoms with Crippen LogP contribution >= 0.6 is 11.3 Å². The van der Waals surface area contributed by atoms with Crippen LogP contribution in [0.5, 0.6) is 0 Å². The molecule has 0 saturated heterocycles.